The minimum Gasteiger partial charge on any atom is -0.480 e. The number of rotatable bonds is 5. The zero-order valence-electron chi connectivity index (χ0n) is 20.4. The molecular formula is C27H29N3O5. The molecule has 0 aliphatic carbocycles. The first-order valence-electron chi connectivity index (χ1n) is 10.9. The van der Waals surface area contributed by atoms with Crippen LogP contribution in [0.25, 0.3) is 0 Å². The van der Waals surface area contributed by atoms with E-state index in [1.807, 2.05) is 0 Å². The number of nitrogen functional groups attached to an aromatic ring is 1. The number of aliphatic carboxylic acids is 1. The number of hydrogen-bond donors (Lipinski definition) is 4. The monoisotopic (exact) mass is 475 g/mol. The molecule has 0 spiro atoms. The van der Waals surface area contributed by atoms with Gasteiger partial charge in [-0.1, -0.05) is 25.7 Å². The summed E-state index contributed by atoms with van der Waals surface area (Å²) in [7, 11) is 0. The van der Waals surface area contributed by atoms with Gasteiger partial charge in [-0.15, -0.1) is 0 Å². The number of carboxylic acids is 1. The summed E-state index contributed by atoms with van der Waals surface area (Å²) in [5.74, 6) is 9.17. The second kappa shape index (κ2) is 11.6. The molecule has 0 unspecified atom stereocenters. The topological polar surface area (TPSA) is 131 Å². The van der Waals surface area contributed by atoms with E-state index in [0.717, 1.165) is 5.56 Å². The molecule has 0 heterocycles. The third-order valence-electron chi connectivity index (χ3n) is 4.51. The van der Waals surface area contributed by atoms with Crippen LogP contribution in [0.3, 0.4) is 0 Å². The van der Waals surface area contributed by atoms with E-state index in [1.54, 1.807) is 65.0 Å². The van der Waals surface area contributed by atoms with Crippen LogP contribution in [0.5, 0.6) is 0 Å². The molecule has 8 nitrogen and oxygen atoms in total. The number of benzene rings is 2. The molecule has 1 atom stereocenters. The van der Waals surface area contributed by atoms with Gasteiger partial charge >= 0.3 is 12.1 Å². The van der Waals surface area contributed by atoms with Crippen molar-refractivity contribution in [1.82, 2.24) is 5.32 Å². The Balaban J connectivity index is 2.35. The van der Waals surface area contributed by atoms with Gasteiger partial charge in [0.05, 0.1) is 5.69 Å². The molecule has 0 bridgehead atoms. The number of anilines is 2. The van der Waals surface area contributed by atoms with Crippen LogP contribution < -0.4 is 16.4 Å². The van der Waals surface area contributed by atoms with Gasteiger partial charge in [-0.05, 0) is 81.0 Å². The van der Waals surface area contributed by atoms with Gasteiger partial charge in [0.25, 0.3) is 5.91 Å². The zero-order valence-corrected chi connectivity index (χ0v) is 20.4. The van der Waals surface area contributed by atoms with Gasteiger partial charge in [-0.3, -0.25) is 10.1 Å². The van der Waals surface area contributed by atoms with Crippen LogP contribution in [-0.2, 0) is 9.53 Å². The molecule has 35 heavy (non-hydrogen) atoms. The molecule has 2 aromatic rings. The first-order valence-corrected chi connectivity index (χ1v) is 10.9. The van der Waals surface area contributed by atoms with Crippen molar-refractivity contribution in [2.24, 2.45) is 5.92 Å². The van der Waals surface area contributed by atoms with Gasteiger partial charge in [-0.2, -0.15) is 0 Å². The Bertz CT molecular complexity index is 1220. The molecule has 0 aliphatic heterocycles. The van der Waals surface area contributed by atoms with E-state index in [9.17, 15) is 19.5 Å². The summed E-state index contributed by atoms with van der Waals surface area (Å²) in [5.41, 5.74) is 7.08. The van der Waals surface area contributed by atoms with E-state index < -0.39 is 29.6 Å². The molecule has 0 saturated carbocycles. The number of carboxylic acid groups (broad SMARTS) is 1. The van der Waals surface area contributed by atoms with Gasteiger partial charge in [-0.25, -0.2) is 9.59 Å². The lowest BCUT2D eigenvalue weighted by atomic mass is 10.0. The van der Waals surface area contributed by atoms with Gasteiger partial charge < -0.3 is 20.9 Å². The summed E-state index contributed by atoms with van der Waals surface area (Å²) >= 11 is 0. The molecule has 2 aromatic carbocycles. The zero-order chi connectivity index (χ0) is 26.2. The molecule has 2 amide bonds. The first-order chi connectivity index (χ1) is 16.4. The molecule has 0 fully saturated rings. The van der Waals surface area contributed by atoms with Crippen molar-refractivity contribution in [1.29, 1.82) is 0 Å². The van der Waals surface area contributed by atoms with E-state index in [2.05, 4.69) is 34.3 Å². The minimum atomic E-state index is -1.14. The average Bonchev–Trinajstić information content (AvgIpc) is 2.75. The van der Waals surface area contributed by atoms with Crippen molar-refractivity contribution in [3.05, 3.63) is 59.2 Å². The lowest BCUT2D eigenvalue weighted by Gasteiger charge is -2.20. The molecule has 0 saturated heterocycles. The van der Waals surface area contributed by atoms with Crippen LogP contribution in [0.2, 0.25) is 0 Å². The van der Waals surface area contributed by atoms with Gasteiger partial charge in [0, 0.05) is 22.4 Å². The fraction of sp³-hybridized carbons (Fsp3) is 0.296. The normalized spacial score (nSPS) is 11.3. The highest BCUT2D eigenvalue weighted by Gasteiger charge is 2.24. The molecule has 0 aromatic heterocycles. The van der Waals surface area contributed by atoms with E-state index in [-0.39, 0.29) is 17.2 Å². The van der Waals surface area contributed by atoms with Crippen LogP contribution in [0.4, 0.5) is 16.2 Å². The lowest BCUT2D eigenvalue weighted by Crippen LogP contribution is -2.44. The molecule has 8 heteroatoms. The minimum absolute atomic E-state index is 0.154. The highest BCUT2D eigenvalue weighted by Crippen LogP contribution is 2.19. The fourth-order valence-electron chi connectivity index (χ4n) is 2.82. The highest BCUT2D eigenvalue weighted by atomic mass is 16.6. The number of ether oxygens (including phenoxy) is 1. The average molecular weight is 476 g/mol. The standard InChI is InChI=1S/C27H29N3O5/c1-17(2)23(25(32)33)30-24(31)20-13-12-19(22(16-20)29-26(34)35-27(3,4)5)9-7-6-8-18-10-14-21(28)15-11-18/h10-17,23H,28H2,1-5H3,(H,29,34)(H,30,31)(H,32,33)/t23-/m0/s1. The van der Waals surface area contributed by atoms with Gasteiger partial charge in [0.15, 0.2) is 0 Å². The number of nitrogens with one attached hydrogen (secondary N) is 2. The predicted molar refractivity (Wildman–Crippen MR) is 135 cm³/mol. The van der Waals surface area contributed by atoms with Crippen molar-refractivity contribution < 1.29 is 24.2 Å². The van der Waals surface area contributed by atoms with Crippen LogP contribution in [0.1, 0.15) is 56.1 Å². The summed E-state index contributed by atoms with van der Waals surface area (Å²) in [4.78, 5) is 36.5. The Hall–Kier alpha value is -4.43. The molecule has 0 radical (unpaired) electrons. The summed E-state index contributed by atoms with van der Waals surface area (Å²) in [6.45, 7) is 8.56. The van der Waals surface area contributed by atoms with Crippen molar-refractivity contribution in [2.45, 2.75) is 46.3 Å². The Kier molecular flexibility index (Phi) is 8.91. The van der Waals surface area contributed by atoms with Gasteiger partial charge in [0.2, 0.25) is 0 Å². The second-order valence-corrected chi connectivity index (χ2v) is 9.04. The first kappa shape index (κ1) is 26.8. The molecular weight excluding hydrogens is 446 g/mol. The maximum Gasteiger partial charge on any atom is 0.412 e. The van der Waals surface area contributed by atoms with E-state index in [1.165, 1.54) is 12.1 Å². The third-order valence-corrected chi connectivity index (χ3v) is 4.51. The summed E-state index contributed by atoms with van der Waals surface area (Å²) in [6, 6.07) is 10.4. The summed E-state index contributed by atoms with van der Waals surface area (Å²) in [6.07, 6.45) is -0.725. The van der Waals surface area contributed by atoms with E-state index in [0.29, 0.717) is 11.3 Å². The molecule has 2 rings (SSSR count). The van der Waals surface area contributed by atoms with Crippen LogP contribution >= 0.6 is 0 Å². The molecule has 182 valence electrons. The Morgan fingerprint density at radius 2 is 1.63 bits per heavy atom. The SMILES string of the molecule is CC(C)[C@H](NC(=O)c1ccc(C#CC#Cc2ccc(N)cc2)c(NC(=O)OC(C)(C)C)c1)C(=O)O. The Labute approximate surface area is 205 Å². The summed E-state index contributed by atoms with van der Waals surface area (Å²) < 4.78 is 5.30. The number of carbonyl (C=O) groups is 3. The Morgan fingerprint density at radius 3 is 2.20 bits per heavy atom. The van der Waals surface area contributed by atoms with Crippen LogP contribution in [0.15, 0.2) is 42.5 Å². The number of nitrogens with two attached hydrogens (primary N) is 1. The van der Waals surface area contributed by atoms with Crippen LogP contribution in [-0.4, -0.2) is 34.7 Å². The van der Waals surface area contributed by atoms with Crippen LogP contribution in [0, 0.1) is 29.6 Å². The highest BCUT2D eigenvalue weighted by molar-refractivity contribution is 5.99. The smallest absolute Gasteiger partial charge is 0.412 e. The quantitative estimate of drug-likeness (QED) is 0.384. The second-order valence-electron chi connectivity index (χ2n) is 9.04. The number of amides is 2. The van der Waals surface area contributed by atoms with Crippen molar-refractivity contribution in [3.8, 4) is 23.7 Å². The maximum atomic E-state index is 12.7. The van der Waals surface area contributed by atoms with E-state index >= 15 is 0 Å². The maximum absolute atomic E-state index is 12.7. The van der Waals surface area contributed by atoms with Crippen molar-refractivity contribution >= 4 is 29.3 Å². The summed E-state index contributed by atoms with van der Waals surface area (Å²) in [5, 5.41) is 14.5. The van der Waals surface area contributed by atoms with E-state index in [4.69, 9.17) is 10.5 Å². The predicted octanol–water partition coefficient (Wildman–Crippen LogP) is 3.86. The lowest BCUT2D eigenvalue weighted by molar-refractivity contribution is -0.140. The third kappa shape index (κ3) is 8.79. The van der Waals surface area contributed by atoms with Crippen molar-refractivity contribution in [3.63, 3.8) is 0 Å². The molecule has 5 N–H and O–H groups in total. The largest absolute Gasteiger partial charge is 0.480 e. The Morgan fingerprint density at radius 1 is 1.00 bits per heavy atom. The number of hydrogen-bond acceptors (Lipinski definition) is 5. The van der Waals surface area contributed by atoms with Crippen molar-refractivity contribution in [2.75, 3.05) is 11.1 Å². The van der Waals surface area contributed by atoms with Gasteiger partial charge in [0.1, 0.15) is 11.6 Å². The number of carbonyl (C=O) groups excluding carboxylic acids is 2. The molecule has 0 aliphatic rings. The fourth-order valence-corrected chi connectivity index (χ4v) is 2.82.